The minimum atomic E-state index is 0. The van der Waals surface area contributed by atoms with Crippen molar-refractivity contribution in [2.45, 2.75) is 70.3 Å². The molecule has 160 valence electrons. The largest absolute Gasteiger partial charge is 0.377 e. The third-order valence-electron chi connectivity index (χ3n) is 5.54. The molecule has 10 heteroatoms. The van der Waals surface area contributed by atoms with Crippen LogP contribution in [-0.2, 0) is 30.9 Å². The average molecular weight is 514 g/mol. The molecule has 3 heterocycles. The first-order valence-electron chi connectivity index (χ1n) is 10.2. The highest BCUT2D eigenvalue weighted by atomic mass is 127. The summed E-state index contributed by atoms with van der Waals surface area (Å²) >= 11 is 0. The van der Waals surface area contributed by atoms with Gasteiger partial charge in [-0.3, -0.25) is 9.67 Å². The van der Waals surface area contributed by atoms with Gasteiger partial charge >= 0.3 is 0 Å². The highest BCUT2D eigenvalue weighted by Crippen LogP contribution is 2.28. The van der Waals surface area contributed by atoms with Gasteiger partial charge in [0.05, 0.1) is 24.8 Å². The number of ether oxygens (including phenoxy) is 1. The summed E-state index contributed by atoms with van der Waals surface area (Å²) in [5.41, 5.74) is 1.04. The normalized spacial score (nSPS) is 19.7. The topological polar surface area (TPSA) is 94.2 Å². The standard InChI is InChI=1S/C19H30N8O.HI/c1-20-19(21-11-14-9-10-26(24-14)16-5-3-4-6-16)22-15-7-8-18-23-17(13-28-2)25-27(18)12-15;/h9-10,15-16H,3-8,11-13H2,1-2H3,(H2,20,21,22);1H. The van der Waals surface area contributed by atoms with Crippen LogP contribution in [0.4, 0.5) is 0 Å². The Bertz CT molecular complexity index is 811. The molecule has 1 unspecified atom stereocenters. The van der Waals surface area contributed by atoms with Crippen molar-refractivity contribution >= 4 is 29.9 Å². The summed E-state index contributed by atoms with van der Waals surface area (Å²) in [6.07, 6.45) is 9.13. The lowest BCUT2D eigenvalue weighted by Gasteiger charge is -2.25. The van der Waals surface area contributed by atoms with E-state index < -0.39 is 0 Å². The van der Waals surface area contributed by atoms with E-state index in [9.17, 15) is 0 Å². The lowest BCUT2D eigenvalue weighted by atomic mass is 10.1. The Morgan fingerprint density at radius 1 is 1.28 bits per heavy atom. The molecule has 2 aromatic heterocycles. The third kappa shape index (κ3) is 5.47. The van der Waals surface area contributed by atoms with Gasteiger partial charge in [0.1, 0.15) is 12.4 Å². The Hall–Kier alpha value is -1.69. The molecule has 1 aliphatic carbocycles. The predicted octanol–water partition coefficient (Wildman–Crippen LogP) is 2.03. The lowest BCUT2D eigenvalue weighted by molar-refractivity contribution is 0.177. The third-order valence-corrected chi connectivity index (χ3v) is 5.54. The lowest BCUT2D eigenvalue weighted by Crippen LogP contribution is -2.46. The Balaban J connectivity index is 0.00000240. The van der Waals surface area contributed by atoms with Crippen LogP contribution in [0.15, 0.2) is 17.3 Å². The fraction of sp³-hybridized carbons (Fsp3) is 0.684. The van der Waals surface area contributed by atoms with Gasteiger partial charge < -0.3 is 15.4 Å². The van der Waals surface area contributed by atoms with Gasteiger partial charge in [-0.25, -0.2) is 9.67 Å². The zero-order valence-corrected chi connectivity index (χ0v) is 19.5. The number of methoxy groups -OCH3 is 1. The molecule has 0 aromatic carbocycles. The Morgan fingerprint density at radius 3 is 2.86 bits per heavy atom. The van der Waals surface area contributed by atoms with Gasteiger partial charge in [0, 0.05) is 32.8 Å². The molecule has 29 heavy (non-hydrogen) atoms. The van der Waals surface area contributed by atoms with E-state index in [0.29, 0.717) is 19.2 Å². The fourth-order valence-corrected chi connectivity index (χ4v) is 4.07. The van der Waals surface area contributed by atoms with Gasteiger partial charge in [0.2, 0.25) is 0 Å². The van der Waals surface area contributed by atoms with E-state index in [0.717, 1.165) is 42.7 Å². The summed E-state index contributed by atoms with van der Waals surface area (Å²) in [6.45, 7) is 1.90. The van der Waals surface area contributed by atoms with Crippen LogP contribution >= 0.6 is 24.0 Å². The number of nitrogens with one attached hydrogen (secondary N) is 2. The Kier molecular flexibility index (Phi) is 7.87. The maximum absolute atomic E-state index is 5.13. The predicted molar refractivity (Wildman–Crippen MR) is 121 cm³/mol. The van der Waals surface area contributed by atoms with Gasteiger partial charge in [-0.2, -0.15) is 10.2 Å². The summed E-state index contributed by atoms with van der Waals surface area (Å²) in [5.74, 6) is 2.57. The maximum atomic E-state index is 5.13. The number of aliphatic imine (C=N–C) groups is 1. The quantitative estimate of drug-likeness (QED) is 0.348. The van der Waals surface area contributed by atoms with E-state index in [1.54, 1.807) is 14.2 Å². The minimum Gasteiger partial charge on any atom is -0.377 e. The molecule has 9 nitrogen and oxygen atoms in total. The van der Waals surface area contributed by atoms with Crippen LogP contribution in [-0.4, -0.2) is 50.7 Å². The van der Waals surface area contributed by atoms with Gasteiger partial charge in [-0.05, 0) is 25.3 Å². The smallest absolute Gasteiger partial charge is 0.191 e. The monoisotopic (exact) mass is 514 g/mol. The summed E-state index contributed by atoms with van der Waals surface area (Å²) in [6, 6.07) is 2.94. The number of aryl methyl sites for hydroxylation is 1. The molecular formula is C19H31IN8O. The molecule has 0 bridgehead atoms. The van der Waals surface area contributed by atoms with Gasteiger partial charge in [-0.1, -0.05) is 12.8 Å². The molecule has 2 aromatic rings. The molecule has 2 aliphatic rings. The number of nitrogens with zero attached hydrogens (tertiary/aromatic N) is 6. The van der Waals surface area contributed by atoms with E-state index in [-0.39, 0.29) is 30.0 Å². The van der Waals surface area contributed by atoms with E-state index >= 15 is 0 Å². The molecule has 1 saturated carbocycles. The molecule has 0 radical (unpaired) electrons. The molecule has 1 aliphatic heterocycles. The second kappa shape index (κ2) is 10.4. The molecule has 0 spiro atoms. The van der Waals surface area contributed by atoms with Crippen LogP contribution in [0, 0.1) is 0 Å². The van der Waals surface area contributed by atoms with Crippen LogP contribution in [0.2, 0.25) is 0 Å². The fourth-order valence-electron chi connectivity index (χ4n) is 4.07. The second-order valence-corrected chi connectivity index (χ2v) is 7.59. The first-order valence-corrected chi connectivity index (χ1v) is 10.2. The van der Waals surface area contributed by atoms with E-state index in [2.05, 4.69) is 42.7 Å². The Labute approximate surface area is 188 Å². The SMILES string of the molecule is CN=C(NCc1ccn(C2CCCC2)n1)NC1CCc2nc(COC)nn2C1.I. The first kappa shape index (κ1) is 22.0. The van der Waals surface area contributed by atoms with Crippen molar-refractivity contribution in [2.24, 2.45) is 4.99 Å². The van der Waals surface area contributed by atoms with Crippen LogP contribution in [0.25, 0.3) is 0 Å². The molecule has 1 fully saturated rings. The van der Waals surface area contributed by atoms with E-state index in [1.165, 1.54) is 25.7 Å². The maximum Gasteiger partial charge on any atom is 0.191 e. The number of fused-ring (bicyclic) bond motifs is 1. The number of rotatable bonds is 6. The molecular weight excluding hydrogens is 483 g/mol. The van der Waals surface area contributed by atoms with Gasteiger partial charge in [0.25, 0.3) is 0 Å². The number of hydrogen-bond donors (Lipinski definition) is 2. The van der Waals surface area contributed by atoms with Gasteiger partial charge in [-0.15, -0.1) is 24.0 Å². The molecule has 4 rings (SSSR count). The van der Waals surface area contributed by atoms with Crippen molar-refractivity contribution in [1.82, 2.24) is 35.2 Å². The number of aromatic nitrogens is 5. The van der Waals surface area contributed by atoms with Crippen LogP contribution in [0.1, 0.15) is 55.5 Å². The average Bonchev–Trinajstić information content (AvgIpc) is 3.44. The molecule has 0 saturated heterocycles. The zero-order valence-electron chi connectivity index (χ0n) is 17.2. The highest BCUT2D eigenvalue weighted by Gasteiger charge is 2.22. The van der Waals surface area contributed by atoms with Crippen LogP contribution < -0.4 is 10.6 Å². The highest BCUT2D eigenvalue weighted by molar-refractivity contribution is 14.0. The van der Waals surface area contributed by atoms with Crippen molar-refractivity contribution < 1.29 is 4.74 Å². The number of halogens is 1. The van der Waals surface area contributed by atoms with Crippen molar-refractivity contribution in [2.75, 3.05) is 14.2 Å². The van der Waals surface area contributed by atoms with Crippen molar-refractivity contribution in [3.8, 4) is 0 Å². The molecule has 2 N–H and O–H groups in total. The Morgan fingerprint density at radius 2 is 2.10 bits per heavy atom. The van der Waals surface area contributed by atoms with Crippen molar-refractivity contribution in [3.63, 3.8) is 0 Å². The molecule has 1 atom stereocenters. The van der Waals surface area contributed by atoms with E-state index in [1.807, 2.05) is 4.68 Å². The summed E-state index contributed by atoms with van der Waals surface area (Å²) in [7, 11) is 3.46. The van der Waals surface area contributed by atoms with Crippen molar-refractivity contribution in [3.05, 3.63) is 29.6 Å². The van der Waals surface area contributed by atoms with Crippen molar-refractivity contribution in [1.29, 1.82) is 0 Å². The zero-order chi connectivity index (χ0) is 19.3. The number of hydrogen-bond acceptors (Lipinski definition) is 5. The van der Waals surface area contributed by atoms with Crippen LogP contribution in [0.3, 0.4) is 0 Å². The first-order chi connectivity index (χ1) is 13.7. The molecule has 0 amide bonds. The summed E-state index contributed by atoms with van der Waals surface area (Å²) in [5, 5.41) is 16.1. The summed E-state index contributed by atoms with van der Waals surface area (Å²) in [4.78, 5) is 8.89. The minimum absolute atomic E-state index is 0. The van der Waals surface area contributed by atoms with E-state index in [4.69, 9.17) is 9.84 Å². The number of guanidine groups is 1. The summed E-state index contributed by atoms with van der Waals surface area (Å²) < 4.78 is 9.24. The second-order valence-electron chi connectivity index (χ2n) is 7.59. The van der Waals surface area contributed by atoms with Crippen LogP contribution in [0.5, 0.6) is 0 Å². The van der Waals surface area contributed by atoms with Gasteiger partial charge in [0.15, 0.2) is 11.8 Å².